The number of likely N-dealkylation sites (tertiary alicyclic amines) is 1. The Balaban J connectivity index is 1.50. The first-order valence-corrected chi connectivity index (χ1v) is 8.82. The van der Waals surface area contributed by atoms with Gasteiger partial charge in [-0.3, -0.25) is 4.90 Å². The predicted molar refractivity (Wildman–Crippen MR) is 93.3 cm³/mol. The number of hydrogen-bond donors (Lipinski definition) is 0. The second-order valence-electron chi connectivity index (χ2n) is 6.08. The summed E-state index contributed by atoms with van der Waals surface area (Å²) in [5, 5.41) is 1.32. The molecule has 0 aliphatic carbocycles. The van der Waals surface area contributed by atoms with Crippen molar-refractivity contribution in [3.8, 4) is 0 Å². The molecule has 3 aromatic rings. The summed E-state index contributed by atoms with van der Waals surface area (Å²) >= 11 is 1.87. The highest BCUT2D eigenvalue weighted by atomic mass is 32.1. The van der Waals surface area contributed by atoms with E-state index in [1.807, 2.05) is 11.3 Å². The van der Waals surface area contributed by atoms with Gasteiger partial charge in [-0.25, -0.2) is 4.98 Å². The molecule has 0 unspecified atom stereocenters. The lowest BCUT2D eigenvalue weighted by Gasteiger charge is -2.31. The Labute approximate surface area is 135 Å². The van der Waals surface area contributed by atoms with Gasteiger partial charge in [-0.2, -0.15) is 0 Å². The lowest BCUT2D eigenvalue weighted by atomic mass is 9.98. The Morgan fingerprint density at radius 2 is 1.86 bits per heavy atom. The standard InChI is InChI=1S/C19H20N2S/c1-2-7-15(8-3-1)13-21-12-6-9-16(14-21)19-20-17-10-4-5-11-18(17)22-19/h1-5,7-8,10-11,16H,6,9,12-14H2/t16-/m0/s1. The fraction of sp³-hybridized carbons (Fsp3) is 0.316. The SMILES string of the molecule is c1ccc(CN2CCC[C@H](c3nc4ccccc4s3)C2)cc1. The van der Waals surface area contributed by atoms with E-state index >= 15 is 0 Å². The molecule has 1 saturated heterocycles. The Kier molecular flexibility index (Phi) is 3.92. The highest BCUT2D eigenvalue weighted by Crippen LogP contribution is 2.33. The van der Waals surface area contributed by atoms with E-state index in [0.717, 1.165) is 18.6 Å². The predicted octanol–water partition coefficient (Wildman–Crippen LogP) is 4.68. The topological polar surface area (TPSA) is 16.1 Å². The normalized spacial score (nSPS) is 19.5. The van der Waals surface area contributed by atoms with Crippen molar-refractivity contribution >= 4 is 21.6 Å². The minimum atomic E-state index is 0.592. The molecule has 0 bridgehead atoms. The first-order valence-electron chi connectivity index (χ1n) is 8.00. The van der Waals surface area contributed by atoms with Crippen LogP contribution in [0, 0.1) is 0 Å². The molecule has 2 heterocycles. The van der Waals surface area contributed by atoms with Crippen LogP contribution >= 0.6 is 11.3 Å². The number of para-hydroxylation sites is 1. The van der Waals surface area contributed by atoms with E-state index in [0.29, 0.717) is 5.92 Å². The molecule has 1 fully saturated rings. The number of fused-ring (bicyclic) bond motifs is 1. The molecular formula is C19H20N2S. The van der Waals surface area contributed by atoms with E-state index in [9.17, 15) is 0 Å². The third-order valence-corrected chi connectivity index (χ3v) is 5.61. The second-order valence-corrected chi connectivity index (χ2v) is 7.14. The van der Waals surface area contributed by atoms with Crippen LogP contribution in [-0.4, -0.2) is 23.0 Å². The quantitative estimate of drug-likeness (QED) is 0.698. The van der Waals surface area contributed by atoms with Crippen LogP contribution in [0.2, 0.25) is 0 Å². The van der Waals surface area contributed by atoms with Gasteiger partial charge in [-0.05, 0) is 37.1 Å². The second kappa shape index (κ2) is 6.19. The summed E-state index contributed by atoms with van der Waals surface area (Å²) in [6.07, 6.45) is 2.54. The van der Waals surface area contributed by atoms with Crippen molar-refractivity contribution in [1.82, 2.24) is 9.88 Å². The van der Waals surface area contributed by atoms with E-state index < -0.39 is 0 Å². The van der Waals surface area contributed by atoms with Crippen LogP contribution in [0.15, 0.2) is 54.6 Å². The van der Waals surface area contributed by atoms with Crippen LogP contribution in [0.5, 0.6) is 0 Å². The molecule has 0 N–H and O–H groups in total. The van der Waals surface area contributed by atoms with Gasteiger partial charge in [-0.15, -0.1) is 11.3 Å². The fourth-order valence-electron chi connectivity index (χ4n) is 3.31. The number of rotatable bonds is 3. The summed E-state index contributed by atoms with van der Waals surface area (Å²) < 4.78 is 1.32. The Bertz CT molecular complexity index is 717. The molecule has 0 radical (unpaired) electrons. The minimum Gasteiger partial charge on any atom is -0.298 e. The van der Waals surface area contributed by atoms with Gasteiger partial charge in [0.25, 0.3) is 0 Å². The molecule has 1 aliphatic heterocycles. The molecule has 22 heavy (non-hydrogen) atoms. The zero-order valence-electron chi connectivity index (χ0n) is 12.6. The highest BCUT2D eigenvalue weighted by molar-refractivity contribution is 7.18. The maximum absolute atomic E-state index is 4.87. The van der Waals surface area contributed by atoms with E-state index in [-0.39, 0.29) is 0 Å². The van der Waals surface area contributed by atoms with E-state index in [1.165, 1.54) is 34.7 Å². The summed E-state index contributed by atoms with van der Waals surface area (Å²) in [4.78, 5) is 7.45. The van der Waals surface area contributed by atoms with Gasteiger partial charge in [0.1, 0.15) is 0 Å². The van der Waals surface area contributed by atoms with Crippen molar-refractivity contribution in [2.75, 3.05) is 13.1 Å². The molecule has 2 nitrogen and oxygen atoms in total. The van der Waals surface area contributed by atoms with Gasteiger partial charge in [0, 0.05) is 19.0 Å². The molecule has 0 spiro atoms. The summed E-state index contributed by atoms with van der Waals surface area (Å²) in [5.74, 6) is 0.592. The molecule has 1 aliphatic rings. The van der Waals surface area contributed by atoms with Gasteiger partial charge in [0.05, 0.1) is 15.2 Å². The number of hydrogen-bond acceptors (Lipinski definition) is 3. The van der Waals surface area contributed by atoms with Crippen molar-refractivity contribution in [3.63, 3.8) is 0 Å². The molecule has 1 aromatic heterocycles. The largest absolute Gasteiger partial charge is 0.298 e. The summed E-state index contributed by atoms with van der Waals surface area (Å²) in [6.45, 7) is 3.40. The smallest absolute Gasteiger partial charge is 0.0982 e. The maximum Gasteiger partial charge on any atom is 0.0982 e. The average Bonchev–Trinajstić information content (AvgIpc) is 3.00. The van der Waals surface area contributed by atoms with E-state index in [1.54, 1.807) is 0 Å². The Morgan fingerprint density at radius 3 is 2.73 bits per heavy atom. The van der Waals surface area contributed by atoms with Crippen molar-refractivity contribution < 1.29 is 0 Å². The van der Waals surface area contributed by atoms with Crippen molar-refractivity contribution in [2.45, 2.75) is 25.3 Å². The molecule has 3 heteroatoms. The van der Waals surface area contributed by atoms with Crippen LogP contribution in [-0.2, 0) is 6.54 Å². The Hall–Kier alpha value is -1.71. The minimum absolute atomic E-state index is 0.592. The molecule has 0 saturated carbocycles. The third-order valence-electron chi connectivity index (χ3n) is 4.41. The lowest BCUT2D eigenvalue weighted by molar-refractivity contribution is 0.200. The van der Waals surface area contributed by atoms with Crippen molar-refractivity contribution in [2.24, 2.45) is 0 Å². The average molecular weight is 308 g/mol. The number of nitrogens with zero attached hydrogens (tertiary/aromatic N) is 2. The molecule has 0 amide bonds. The van der Waals surface area contributed by atoms with Crippen LogP contribution in [0.3, 0.4) is 0 Å². The van der Waals surface area contributed by atoms with E-state index in [2.05, 4.69) is 59.5 Å². The number of benzene rings is 2. The molecule has 4 rings (SSSR count). The van der Waals surface area contributed by atoms with E-state index in [4.69, 9.17) is 4.98 Å². The van der Waals surface area contributed by atoms with Crippen LogP contribution in [0.1, 0.15) is 29.3 Å². The zero-order valence-corrected chi connectivity index (χ0v) is 13.4. The third kappa shape index (κ3) is 2.92. The highest BCUT2D eigenvalue weighted by Gasteiger charge is 2.24. The lowest BCUT2D eigenvalue weighted by Crippen LogP contribution is -2.33. The molecule has 112 valence electrons. The maximum atomic E-state index is 4.87. The van der Waals surface area contributed by atoms with Gasteiger partial charge in [-0.1, -0.05) is 42.5 Å². The summed E-state index contributed by atoms with van der Waals surface area (Å²) in [6, 6.07) is 19.3. The summed E-state index contributed by atoms with van der Waals surface area (Å²) in [7, 11) is 0. The molecular weight excluding hydrogens is 288 g/mol. The number of thiazole rings is 1. The van der Waals surface area contributed by atoms with Gasteiger partial charge >= 0.3 is 0 Å². The van der Waals surface area contributed by atoms with Crippen LogP contribution in [0.25, 0.3) is 10.2 Å². The first kappa shape index (κ1) is 13.9. The number of piperidine rings is 1. The zero-order chi connectivity index (χ0) is 14.8. The van der Waals surface area contributed by atoms with Gasteiger partial charge in [0.2, 0.25) is 0 Å². The molecule has 1 atom stereocenters. The number of aromatic nitrogens is 1. The fourth-order valence-corrected chi connectivity index (χ4v) is 4.40. The van der Waals surface area contributed by atoms with Gasteiger partial charge in [0.15, 0.2) is 0 Å². The van der Waals surface area contributed by atoms with Gasteiger partial charge < -0.3 is 0 Å². The van der Waals surface area contributed by atoms with Crippen molar-refractivity contribution in [3.05, 3.63) is 65.2 Å². The van der Waals surface area contributed by atoms with Crippen molar-refractivity contribution in [1.29, 1.82) is 0 Å². The monoisotopic (exact) mass is 308 g/mol. The Morgan fingerprint density at radius 1 is 1.05 bits per heavy atom. The first-order chi connectivity index (χ1) is 10.9. The molecule has 2 aromatic carbocycles. The summed E-state index contributed by atoms with van der Waals surface area (Å²) in [5.41, 5.74) is 2.56. The van der Waals surface area contributed by atoms with Crippen LogP contribution in [0.4, 0.5) is 0 Å². The van der Waals surface area contributed by atoms with Crippen LogP contribution < -0.4 is 0 Å².